The Labute approximate surface area is 133 Å². The standard InChI is InChI=1S/C14H8ClIN4/c15-14-17-6-10-9(1-2-12(10)19-14)8-3-4-20-13(5-8)11(16)7-18-20/h1,3-7H,2H2. The molecule has 0 N–H and O–H groups in total. The number of rotatable bonds is 1. The molecule has 4 rings (SSSR count). The lowest BCUT2D eigenvalue weighted by atomic mass is 10.0. The van der Waals surface area contributed by atoms with Crippen molar-refractivity contribution in [3.63, 3.8) is 0 Å². The van der Waals surface area contributed by atoms with E-state index in [2.05, 4.69) is 55.9 Å². The molecular weight excluding hydrogens is 387 g/mol. The maximum atomic E-state index is 5.84. The molecule has 6 heteroatoms. The first kappa shape index (κ1) is 12.3. The van der Waals surface area contributed by atoms with Crippen molar-refractivity contribution in [1.29, 1.82) is 0 Å². The fraction of sp³-hybridized carbons (Fsp3) is 0.0714. The van der Waals surface area contributed by atoms with Crippen molar-refractivity contribution in [3.05, 3.63) is 62.5 Å². The Bertz CT molecular complexity index is 869. The highest BCUT2D eigenvalue weighted by Crippen LogP contribution is 2.32. The Kier molecular flexibility index (Phi) is 2.78. The summed E-state index contributed by atoms with van der Waals surface area (Å²) in [7, 11) is 0. The quantitative estimate of drug-likeness (QED) is 0.469. The molecule has 3 heterocycles. The Hall–Kier alpha value is -1.47. The van der Waals surface area contributed by atoms with Gasteiger partial charge in [0.2, 0.25) is 5.28 Å². The molecule has 0 saturated carbocycles. The number of hydrogen-bond donors (Lipinski definition) is 0. The lowest BCUT2D eigenvalue weighted by molar-refractivity contribution is 0.960. The molecule has 3 aromatic heterocycles. The molecule has 98 valence electrons. The first-order chi connectivity index (χ1) is 9.72. The summed E-state index contributed by atoms with van der Waals surface area (Å²) in [5.74, 6) is 0. The maximum absolute atomic E-state index is 5.84. The third-order valence-electron chi connectivity index (χ3n) is 3.41. The number of halogens is 2. The van der Waals surface area contributed by atoms with Crippen LogP contribution in [0.15, 0.2) is 36.8 Å². The van der Waals surface area contributed by atoms with E-state index in [1.54, 1.807) is 6.20 Å². The van der Waals surface area contributed by atoms with E-state index >= 15 is 0 Å². The van der Waals surface area contributed by atoms with Crippen LogP contribution in [0.5, 0.6) is 0 Å². The average molecular weight is 395 g/mol. The number of aromatic nitrogens is 4. The van der Waals surface area contributed by atoms with Gasteiger partial charge in [-0.25, -0.2) is 14.5 Å². The molecule has 20 heavy (non-hydrogen) atoms. The smallest absolute Gasteiger partial charge is 0.222 e. The summed E-state index contributed by atoms with van der Waals surface area (Å²) in [4.78, 5) is 8.37. The van der Waals surface area contributed by atoms with Gasteiger partial charge in [-0.2, -0.15) is 5.10 Å². The molecule has 0 spiro atoms. The lowest BCUT2D eigenvalue weighted by Gasteiger charge is -2.06. The number of allylic oxidation sites excluding steroid dienone is 1. The average Bonchev–Trinajstić information content (AvgIpc) is 3.02. The third-order valence-corrected chi connectivity index (χ3v) is 4.43. The minimum Gasteiger partial charge on any atom is -0.240 e. The summed E-state index contributed by atoms with van der Waals surface area (Å²) >= 11 is 8.14. The van der Waals surface area contributed by atoms with Gasteiger partial charge in [-0.3, -0.25) is 0 Å². The summed E-state index contributed by atoms with van der Waals surface area (Å²) in [6.45, 7) is 0. The van der Waals surface area contributed by atoms with Crippen LogP contribution in [0.2, 0.25) is 5.28 Å². The second-order valence-electron chi connectivity index (χ2n) is 4.56. The van der Waals surface area contributed by atoms with E-state index in [9.17, 15) is 0 Å². The van der Waals surface area contributed by atoms with Crippen molar-refractivity contribution in [1.82, 2.24) is 19.6 Å². The van der Waals surface area contributed by atoms with E-state index in [-0.39, 0.29) is 0 Å². The lowest BCUT2D eigenvalue weighted by Crippen LogP contribution is -1.95. The highest BCUT2D eigenvalue weighted by molar-refractivity contribution is 14.1. The van der Waals surface area contributed by atoms with E-state index in [4.69, 9.17) is 11.6 Å². The summed E-state index contributed by atoms with van der Waals surface area (Å²) in [6, 6.07) is 4.20. The van der Waals surface area contributed by atoms with Gasteiger partial charge in [0, 0.05) is 24.4 Å². The molecule has 0 aliphatic heterocycles. The largest absolute Gasteiger partial charge is 0.240 e. The van der Waals surface area contributed by atoms with Crippen molar-refractivity contribution in [2.75, 3.05) is 0 Å². The van der Waals surface area contributed by atoms with Gasteiger partial charge < -0.3 is 0 Å². The van der Waals surface area contributed by atoms with Crippen LogP contribution < -0.4 is 0 Å². The molecule has 0 aromatic carbocycles. The Morgan fingerprint density at radius 2 is 2.20 bits per heavy atom. The fourth-order valence-electron chi connectivity index (χ4n) is 2.47. The van der Waals surface area contributed by atoms with Crippen LogP contribution in [-0.2, 0) is 6.42 Å². The number of fused-ring (bicyclic) bond motifs is 2. The number of pyridine rings is 1. The molecule has 4 nitrogen and oxygen atoms in total. The minimum absolute atomic E-state index is 0.305. The monoisotopic (exact) mass is 394 g/mol. The molecule has 0 unspecified atom stereocenters. The molecule has 1 aliphatic carbocycles. The van der Waals surface area contributed by atoms with Gasteiger partial charge in [0.1, 0.15) is 0 Å². The third kappa shape index (κ3) is 1.84. The van der Waals surface area contributed by atoms with Gasteiger partial charge in [0.05, 0.1) is 21.0 Å². The van der Waals surface area contributed by atoms with E-state index in [1.165, 1.54) is 0 Å². The molecule has 0 bridgehead atoms. The van der Waals surface area contributed by atoms with Crippen molar-refractivity contribution < 1.29 is 0 Å². The minimum atomic E-state index is 0.305. The maximum Gasteiger partial charge on any atom is 0.222 e. The highest BCUT2D eigenvalue weighted by Gasteiger charge is 2.18. The summed E-state index contributed by atoms with van der Waals surface area (Å²) in [6.07, 6.45) is 8.61. The van der Waals surface area contributed by atoms with Crippen LogP contribution in [0.25, 0.3) is 11.1 Å². The van der Waals surface area contributed by atoms with Gasteiger partial charge in [-0.05, 0) is 57.5 Å². The van der Waals surface area contributed by atoms with Crippen LogP contribution in [0, 0.1) is 3.57 Å². The van der Waals surface area contributed by atoms with Crippen LogP contribution >= 0.6 is 34.2 Å². The summed E-state index contributed by atoms with van der Waals surface area (Å²) in [5, 5.41) is 4.59. The zero-order valence-electron chi connectivity index (χ0n) is 10.2. The molecule has 0 fully saturated rings. The van der Waals surface area contributed by atoms with Crippen LogP contribution in [0.1, 0.15) is 16.8 Å². The fourth-order valence-corrected chi connectivity index (χ4v) is 3.15. The van der Waals surface area contributed by atoms with Gasteiger partial charge in [0.25, 0.3) is 0 Å². The predicted molar refractivity (Wildman–Crippen MR) is 85.7 cm³/mol. The zero-order chi connectivity index (χ0) is 13.7. The number of hydrogen-bond acceptors (Lipinski definition) is 3. The highest BCUT2D eigenvalue weighted by atomic mass is 127. The Balaban J connectivity index is 1.87. The first-order valence-corrected chi connectivity index (χ1v) is 7.53. The van der Waals surface area contributed by atoms with Crippen molar-refractivity contribution in [2.45, 2.75) is 6.42 Å². The van der Waals surface area contributed by atoms with E-state index in [0.29, 0.717) is 5.28 Å². The number of nitrogens with zero attached hydrogens (tertiary/aromatic N) is 4. The van der Waals surface area contributed by atoms with Crippen molar-refractivity contribution in [3.8, 4) is 0 Å². The zero-order valence-corrected chi connectivity index (χ0v) is 13.1. The van der Waals surface area contributed by atoms with Crippen molar-refractivity contribution in [2.24, 2.45) is 0 Å². The Morgan fingerprint density at radius 1 is 1.30 bits per heavy atom. The van der Waals surface area contributed by atoms with Gasteiger partial charge >= 0.3 is 0 Å². The SMILES string of the molecule is Clc1ncc2c(n1)CC=C2c1ccn2ncc(I)c2c1. The molecule has 0 atom stereocenters. The van der Waals surface area contributed by atoms with E-state index in [0.717, 1.165) is 37.9 Å². The molecule has 3 aromatic rings. The summed E-state index contributed by atoms with van der Waals surface area (Å²) in [5.41, 5.74) is 5.47. The Morgan fingerprint density at radius 3 is 3.10 bits per heavy atom. The molecular formula is C14H8ClIN4. The van der Waals surface area contributed by atoms with Gasteiger partial charge in [-0.1, -0.05) is 6.08 Å². The van der Waals surface area contributed by atoms with Crippen molar-refractivity contribution >= 4 is 45.3 Å². The van der Waals surface area contributed by atoms with E-state index in [1.807, 2.05) is 16.9 Å². The second-order valence-corrected chi connectivity index (χ2v) is 6.06. The molecule has 0 saturated heterocycles. The predicted octanol–water partition coefficient (Wildman–Crippen LogP) is 3.37. The van der Waals surface area contributed by atoms with Gasteiger partial charge in [-0.15, -0.1) is 0 Å². The van der Waals surface area contributed by atoms with E-state index < -0.39 is 0 Å². The van der Waals surface area contributed by atoms with Crippen LogP contribution in [0.3, 0.4) is 0 Å². The molecule has 0 radical (unpaired) electrons. The van der Waals surface area contributed by atoms with Gasteiger partial charge in [0.15, 0.2) is 0 Å². The molecule has 0 amide bonds. The van der Waals surface area contributed by atoms with Crippen LogP contribution in [-0.4, -0.2) is 19.6 Å². The normalized spacial score (nSPS) is 13.6. The second kappa shape index (κ2) is 4.53. The first-order valence-electron chi connectivity index (χ1n) is 6.07. The van der Waals surface area contributed by atoms with Crippen LogP contribution in [0.4, 0.5) is 0 Å². The molecule has 1 aliphatic rings. The topological polar surface area (TPSA) is 43.1 Å². The summed E-state index contributed by atoms with van der Waals surface area (Å²) < 4.78 is 3.01.